The zero-order chi connectivity index (χ0) is 18.5. The van der Waals surface area contributed by atoms with Crippen LogP contribution in [0.25, 0.3) is 0 Å². The molecule has 0 atom stereocenters. The van der Waals surface area contributed by atoms with Crippen LogP contribution in [0.4, 0.5) is 0 Å². The predicted molar refractivity (Wildman–Crippen MR) is 100 cm³/mol. The van der Waals surface area contributed by atoms with Crippen molar-refractivity contribution in [2.75, 3.05) is 0 Å². The zero-order valence-corrected chi connectivity index (χ0v) is 15.5. The van der Waals surface area contributed by atoms with E-state index in [1.165, 1.54) is 6.07 Å². The van der Waals surface area contributed by atoms with Gasteiger partial charge in [-0.05, 0) is 35.9 Å². The van der Waals surface area contributed by atoms with Crippen LogP contribution in [0.3, 0.4) is 0 Å². The van der Waals surface area contributed by atoms with Gasteiger partial charge in [-0.1, -0.05) is 53.5 Å². The van der Waals surface area contributed by atoms with Gasteiger partial charge in [0.05, 0.1) is 4.90 Å². The molecule has 132 valence electrons. The molecular weight excluding hydrogens is 395 g/mol. The first-order valence-electron chi connectivity index (χ1n) is 7.68. The lowest BCUT2D eigenvalue weighted by atomic mass is 9.82. The summed E-state index contributed by atoms with van der Waals surface area (Å²) in [7, 11) is -4.40. The third-order valence-corrected chi connectivity index (χ3v) is 5.70. The number of ether oxygens (including phenoxy) is 1. The average Bonchev–Trinajstić information content (AvgIpc) is 2.58. The van der Waals surface area contributed by atoms with E-state index in [1.54, 1.807) is 54.6 Å². The normalized spacial score (nSPS) is 13.7. The summed E-state index contributed by atoms with van der Waals surface area (Å²) in [5.74, 6) is 0.575. The number of fused-ring (bicyclic) bond motifs is 2. The fraction of sp³-hybridized carbons (Fsp3) is 0.0526. The molecule has 7 heteroatoms. The lowest BCUT2D eigenvalue weighted by Gasteiger charge is -2.29. The maximum absolute atomic E-state index is 11.9. The van der Waals surface area contributed by atoms with Crippen LogP contribution < -0.4 is 4.74 Å². The quantitative estimate of drug-likeness (QED) is 0.444. The molecule has 0 saturated heterocycles. The van der Waals surface area contributed by atoms with E-state index < -0.39 is 16.0 Å². The summed E-state index contributed by atoms with van der Waals surface area (Å²) in [6.07, 6.45) is 0. The third kappa shape index (κ3) is 2.97. The molecule has 4 nitrogen and oxygen atoms in total. The van der Waals surface area contributed by atoms with E-state index in [9.17, 15) is 13.0 Å². The Balaban J connectivity index is 2.04. The molecule has 1 aliphatic heterocycles. The maximum Gasteiger partial charge on any atom is 0.294 e. The first kappa shape index (κ1) is 17.4. The van der Waals surface area contributed by atoms with Crippen LogP contribution >= 0.6 is 23.2 Å². The summed E-state index contributed by atoms with van der Waals surface area (Å²) in [5, 5.41) is 0.993. The molecule has 1 heterocycles. The van der Waals surface area contributed by atoms with Crippen molar-refractivity contribution >= 4 is 33.3 Å². The second kappa shape index (κ2) is 6.28. The second-order valence-electron chi connectivity index (χ2n) is 5.91. The van der Waals surface area contributed by atoms with Gasteiger partial charge in [-0.2, -0.15) is 8.42 Å². The standard InChI is InChI=1S/C19H12Cl2O4S/c20-11-5-7-13-16(9-11)25-17-10-12(21)6-8-14(17)19(13)15-3-1-2-4-18(15)26(22,23)24/h1-10,19H,(H,22,23,24). The minimum absolute atomic E-state index is 0.145. The first-order valence-corrected chi connectivity index (χ1v) is 9.87. The molecule has 0 unspecified atom stereocenters. The van der Waals surface area contributed by atoms with E-state index in [-0.39, 0.29) is 4.90 Å². The number of rotatable bonds is 2. The molecular formula is C19H12Cl2O4S. The molecule has 0 bridgehead atoms. The molecule has 0 radical (unpaired) electrons. The van der Waals surface area contributed by atoms with E-state index in [0.29, 0.717) is 27.1 Å². The first-order chi connectivity index (χ1) is 12.3. The summed E-state index contributed by atoms with van der Waals surface area (Å²) in [4.78, 5) is -0.145. The largest absolute Gasteiger partial charge is 0.457 e. The van der Waals surface area contributed by atoms with Crippen molar-refractivity contribution in [1.82, 2.24) is 0 Å². The van der Waals surface area contributed by atoms with Crippen LogP contribution in [-0.4, -0.2) is 13.0 Å². The van der Waals surface area contributed by atoms with Gasteiger partial charge in [-0.25, -0.2) is 0 Å². The molecule has 26 heavy (non-hydrogen) atoms. The smallest absolute Gasteiger partial charge is 0.294 e. The Morgan fingerprint density at radius 2 is 1.35 bits per heavy atom. The molecule has 0 spiro atoms. The Morgan fingerprint density at radius 3 is 1.88 bits per heavy atom. The summed E-state index contributed by atoms with van der Waals surface area (Å²) in [6, 6.07) is 16.7. The Hall–Kier alpha value is -2.05. The molecule has 0 aliphatic carbocycles. The predicted octanol–water partition coefficient (Wildman–Crippen LogP) is 5.53. The van der Waals surface area contributed by atoms with E-state index in [0.717, 1.165) is 11.1 Å². The van der Waals surface area contributed by atoms with Crippen molar-refractivity contribution < 1.29 is 17.7 Å². The van der Waals surface area contributed by atoms with E-state index in [2.05, 4.69) is 0 Å². The number of hydrogen-bond donors (Lipinski definition) is 1. The summed E-state index contributed by atoms with van der Waals surface area (Å²) >= 11 is 12.2. The molecule has 0 fully saturated rings. The van der Waals surface area contributed by atoms with Crippen molar-refractivity contribution in [1.29, 1.82) is 0 Å². The van der Waals surface area contributed by atoms with Gasteiger partial charge in [0.25, 0.3) is 10.1 Å². The van der Waals surface area contributed by atoms with Crippen molar-refractivity contribution in [2.24, 2.45) is 0 Å². The fourth-order valence-electron chi connectivity index (χ4n) is 3.25. The van der Waals surface area contributed by atoms with Gasteiger partial charge < -0.3 is 4.74 Å². The number of benzene rings is 3. The van der Waals surface area contributed by atoms with E-state index in [4.69, 9.17) is 27.9 Å². The Labute approximate surface area is 160 Å². The topological polar surface area (TPSA) is 63.6 Å². The molecule has 4 rings (SSSR count). The van der Waals surface area contributed by atoms with Gasteiger partial charge in [0.2, 0.25) is 0 Å². The summed E-state index contributed by atoms with van der Waals surface area (Å²) in [5.41, 5.74) is 1.95. The molecule has 1 N–H and O–H groups in total. The van der Waals surface area contributed by atoms with Crippen LogP contribution in [0.5, 0.6) is 11.5 Å². The third-order valence-electron chi connectivity index (χ3n) is 4.30. The highest BCUT2D eigenvalue weighted by molar-refractivity contribution is 7.85. The van der Waals surface area contributed by atoms with E-state index in [1.807, 2.05) is 0 Å². The maximum atomic E-state index is 11.9. The monoisotopic (exact) mass is 406 g/mol. The van der Waals surface area contributed by atoms with Gasteiger partial charge in [-0.3, -0.25) is 4.55 Å². The van der Waals surface area contributed by atoms with Gasteiger partial charge in [-0.15, -0.1) is 0 Å². The minimum atomic E-state index is -4.40. The van der Waals surface area contributed by atoms with E-state index >= 15 is 0 Å². The number of halogens is 2. The van der Waals surface area contributed by atoms with Crippen LogP contribution in [0.2, 0.25) is 10.0 Å². The van der Waals surface area contributed by atoms with Crippen LogP contribution in [-0.2, 0) is 10.1 Å². The highest BCUT2D eigenvalue weighted by Gasteiger charge is 2.32. The summed E-state index contributed by atoms with van der Waals surface area (Å²) < 4.78 is 39.4. The van der Waals surface area contributed by atoms with Gasteiger partial charge in [0.15, 0.2) is 0 Å². The fourth-order valence-corrected chi connectivity index (χ4v) is 4.30. The Kier molecular flexibility index (Phi) is 4.20. The van der Waals surface area contributed by atoms with Crippen LogP contribution in [0.15, 0.2) is 65.6 Å². The highest BCUT2D eigenvalue weighted by Crippen LogP contribution is 2.49. The highest BCUT2D eigenvalue weighted by atomic mass is 35.5. The zero-order valence-electron chi connectivity index (χ0n) is 13.2. The van der Waals surface area contributed by atoms with Crippen molar-refractivity contribution in [3.05, 3.63) is 87.4 Å². The average molecular weight is 407 g/mol. The molecule has 0 amide bonds. The molecule has 0 aromatic heterocycles. The van der Waals surface area contributed by atoms with Gasteiger partial charge in [0.1, 0.15) is 11.5 Å². The molecule has 3 aromatic rings. The summed E-state index contributed by atoms with van der Waals surface area (Å²) in [6.45, 7) is 0. The van der Waals surface area contributed by atoms with Crippen LogP contribution in [0.1, 0.15) is 22.6 Å². The Morgan fingerprint density at radius 1 is 0.808 bits per heavy atom. The number of hydrogen-bond acceptors (Lipinski definition) is 3. The van der Waals surface area contributed by atoms with Crippen molar-refractivity contribution in [3.63, 3.8) is 0 Å². The molecule has 1 aliphatic rings. The van der Waals surface area contributed by atoms with Crippen molar-refractivity contribution in [2.45, 2.75) is 10.8 Å². The molecule has 3 aromatic carbocycles. The molecule has 0 saturated carbocycles. The lowest BCUT2D eigenvalue weighted by molar-refractivity contribution is 0.451. The van der Waals surface area contributed by atoms with Crippen LogP contribution in [0, 0.1) is 0 Å². The second-order valence-corrected chi connectivity index (χ2v) is 8.18. The SMILES string of the molecule is O=S(=O)(O)c1ccccc1C1c2ccc(Cl)cc2Oc2cc(Cl)ccc21. The lowest BCUT2D eigenvalue weighted by Crippen LogP contribution is -2.15. The minimum Gasteiger partial charge on any atom is -0.457 e. The Bertz CT molecular complexity index is 1070. The van der Waals surface area contributed by atoms with Gasteiger partial charge in [0, 0.05) is 27.1 Å². The van der Waals surface area contributed by atoms with Crippen molar-refractivity contribution in [3.8, 4) is 11.5 Å². The van der Waals surface area contributed by atoms with Gasteiger partial charge >= 0.3 is 0 Å².